The van der Waals surface area contributed by atoms with Gasteiger partial charge in [-0.1, -0.05) is 0 Å². The van der Waals surface area contributed by atoms with Gasteiger partial charge in [0.1, 0.15) is 5.38 Å². The second-order valence-corrected chi connectivity index (χ2v) is 3.45. The van der Waals surface area contributed by atoms with E-state index in [4.69, 9.17) is 16.0 Å². The van der Waals surface area contributed by atoms with Crippen LogP contribution in [-0.4, -0.2) is 15.2 Å². The molecule has 2 aromatic heterocycles. The normalized spacial score (nSPS) is 12.7. The maximum Gasteiger partial charge on any atom is 0.247 e. The van der Waals surface area contributed by atoms with E-state index in [0.29, 0.717) is 11.8 Å². The van der Waals surface area contributed by atoms with Gasteiger partial charge in [-0.2, -0.15) is 0 Å². The molecule has 2 aromatic rings. The van der Waals surface area contributed by atoms with Crippen molar-refractivity contribution in [3.05, 3.63) is 30.4 Å². The molecule has 0 radical (unpaired) electrons. The van der Waals surface area contributed by atoms with Gasteiger partial charge < -0.3 is 4.42 Å². The van der Waals surface area contributed by atoms with E-state index in [1.54, 1.807) is 31.5 Å². The lowest BCUT2D eigenvalue weighted by molar-refractivity contribution is 0.507. The van der Waals surface area contributed by atoms with E-state index in [0.717, 1.165) is 5.56 Å². The van der Waals surface area contributed by atoms with Crippen LogP contribution in [0, 0.1) is 0 Å². The molecule has 2 heterocycles. The molecule has 0 spiro atoms. The third-order valence-corrected chi connectivity index (χ3v) is 1.89. The lowest BCUT2D eigenvalue weighted by Crippen LogP contribution is -1.81. The van der Waals surface area contributed by atoms with Crippen molar-refractivity contribution in [2.24, 2.45) is 0 Å². The third-order valence-electron chi connectivity index (χ3n) is 1.71. The van der Waals surface area contributed by atoms with Crippen LogP contribution < -0.4 is 0 Å². The van der Waals surface area contributed by atoms with Gasteiger partial charge in [-0.05, 0) is 19.1 Å². The number of nitrogens with zero attached hydrogens (tertiary/aromatic N) is 3. The first kappa shape index (κ1) is 9.15. The second-order valence-electron chi connectivity index (χ2n) is 2.80. The monoisotopic (exact) mass is 209 g/mol. The summed E-state index contributed by atoms with van der Waals surface area (Å²) in [5.41, 5.74) is 0.844. The van der Waals surface area contributed by atoms with Gasteiger partial charge in [-0.15, -0.1) is 21.8 Å². The predicted molar refractivity (Wildman–Crippen MR) is 51.8 cm³/mol. The highest BCUT2D eigenvalue weighted by Gasteiger charge is 2.11. The lowest BCUT2D eigenvalue weighted by Gasteiger charge is -1.93. The maximum atomic E-state index is 5.80. The van der Waals surface area contributed by atoms with E-state index >= 15 is 0 Å². The summed E-state index contributed by atoms with van der Waals surface area (Å²) in [5, 5.41) is 7.44. The van der Waals surface area contributed by atoms with Crippen molar-refractivity contribution < 1.29 is 4.42 Å². The number of alkyl halides is 1. The largest absolute Gasteiger partial charge is 0.419 e. The van der Waals surface area contributed by atoms with Crippen LogP contribution in [0.2, 0.25) is 0 Å². The Bertz CT molecular complexity index is 413. The first-order chi connectivity index (χ1) is 6.77. The van der Waals surface area contributed by atoms with E-state index in [1.165, 1.54) is 0 Å². The molecule has 1 atom stereocenters. The molecule has 4 nitrogen and oxygen atoms in total. The minimum absolute atomic E-state index is 0.266. The van der Waals surface area contributed by atoms with Crippen molar-refractivity contribution in [2.45, 2.75) is 12.3 Å². The van der Waals surface area contributed by atoms with Crippen LogP contribution in [-0.2, 0) is 0 Å². The van der Waals surface area contributed by atoms with Gasteiger partial charge in [0, 0.05) is 18.0 Å². The fourth-order valence-corrected chi connectivity index (χ4v) is 1.09. The molecule has 5 heteroatoms. The number of pyridine rings is 1. The summed E-state index contributed by atoms with van der Waals surface area (Å²) >= 11 is 5.80. The Kier molecular flexibility index (Phi) is 2.45. The molecule has 1 unspecified atom stereocenters. The molecule has 0 aliphatic carbocycles. The Hall–Kier alpha value is -1.42. The molecule has 0 bridgehead atoms. The number of aromatic nitrogens is 3. The average Bonchev–Trinajstić information content (AvgIpc) is 2.68. The molecule has 2 rings (SSSR count). The highest BCUT2D eigenvalue weighted by molar-refractivity contribution is 6.20. The third kappa shape index (κ3) is 1.75. The average molecular weight is 210 g/mol. The summed E-state index contributed by atoms with van der Waals surface area (Å²) in [6.07, 6.45) is 3.34. The van der Waals surface area contributed by atoms with Gasteiger partial charge in [-0.25, -0.2) is 0 Å². The molecule has 0 saturated carbocycles. The molecular weight excluding hydrogens is 202 g/mol. The van der Waals surface area contributed by atoms with E-state index in [9.17, 15) is 0 Å². The molecule has 0 saturated heterocycles. The number of hydrogen-bond acceptors (Lipinski definition) is 4. The van der Waals surface area contributed by atoms with Crippen LogP contribution in [0.4, 0.5) is 0 Å². The fraction of sp³-hybridized carbons (Fsp3) is 0.222. The van der Waals surface area contributed by atoms with Gasteiger partial charge in [-0.3, -0.25) is 4.98 Å². The second kappa shape index (κ2) is 3.75. The molecule has 0 fully saturated rings. The summed E-state index contributed by atoms with van der Waals surface area (Å²) < 4.78 is 5.35. The lowest BCUT2D eigenvalue weighted by atomic mass is 10.3. The van der Waals surface area contributed by atoms with Crippen LogP contribution in [0.1, 0.15) is 18.2 Å². The Labute approximate surface area is 85.9 Å². The Morgan fingerprint density at radius 3 is 2.57 bits per heavy atom. The molecule has 0 N–H and O–H groups in total. The van der Waals surface area contributed by atoms with E-state index in [-0.39, 0.29) is 5.38 Å². The first-order valence-electron chi connectivity index (χ1n) is 4.15. The van der Waals surface area contributed by atoms with E-state index < -0.39 is 0 Å². The minimum Gasteiger partial charge on any atom is -0.419 e. The smallest absolute Gasteiger partial charge is 0.247 e. The summed E-state index contributed by atoms with van der Waals surface area (Å²) in [7, 11) is 0. The van der Waals surface area contributed by atoms with Crippen molar-refractivity contribution >= 4 is 11.6 Å². The van der Waals surface area contributed by atoms with Crippen molar-refractivity contribution in [3.8, 4) is 11.5 Å². The summed E-state index contributed by atoms with van der Waals surface area (Å²) in [5.74, 6) is 0.897. The van der Waals surface area contributed by atoms with Crippen molar-refractivity contribution in [1.82, 2.24) is 15.2 Å². The van der Waals surface area contributed by atoms with Crippen LogP contribution >= 0.6 is 11.6 Å². The van der Waals surface area contributed by atoms with Gasteiger partial charge in [0.15, 0.2) is 0 Å². The standard InChI is InChI=1S/C9H8ClN3O/c1-6(10)8-12-13-9(14-8)7-2-4-11-5-3-7/h2-6H,1H3. The zero-order valence-corrected chi connectivity index (χ0v) is 8.27. The summed E-state index contributed by atoms with van der Waals surface area (Å²) in [6, 6.07) is 3.60. The fourth-order valence-electron chi connectivity index (χ4n) is 1.01. The van der Waals surface area contributed by atoms with Crippen LogP contribution in [0.25, 0.3) is 11.5 Å². The molecule has 0 amide bonds. The van der Waals surface area contributed by atoms with Gasteiger partial charge in [0.05, 0.1) is 0 Å². The highest BCUT2D eigenvalue weighted by Crippen LogP contribution is 2.22. The zero-order chi connectivity index (χ0) is 9.97. The Balaban J connectivity index is 2.34. The van der Waals surface area contributed by atoms with Crippen molar-refractivity contribution in [2.75, 3.05) is 0 Å². The van der Waals surface area contributed by atoms with Gasteiger partial charge >= 0.3 is 0 Å². The van der Waals surface area contributed by atoms with E-state index in [1.807, 2.05) is 0 Å². The predicted octanol–water partition coefficient (Wildman–Crippen LogP) is 2.43. The number of halogens is 1. The van der Waals surface area contributed by atoms with Crippen LogP contribution in [0.5, 0.6) is 0 Å². The van der Waals surface area contributed by atoms with Crippen LogP contribution in [0.3, 0.4) is 0 Å². The molecule has 0 aliphatic heterocycles. The molecule has 0 aliphatic rings. The van der Waals surface area contributed by atoms with Crippen molar-refractivity contribution in [3.63, 3.8) is 0 Å². The molecular formula is C9H8ClN3O. The number of hydrogen-bond donors (Lipinski definition) is 0. The van der Waals surface area contributed by atoms with Crippen LogP contribution in [0.15, 0.2) is 28.9 Å². The SMILES string of the molecule is CC(Cl)c1nnc(-c2ccncc2)o1. The maximum absolute atomic E-state index is 5.80. The Morgan fingerprint density at radius 2 is 2.00 bits per heavy atom. The zero-order valence-electron chi connectivity index (χ0n) is 7.51. The molecule has 14 heavy (non-hydrogen) atoms. The van der Waals surface area contributed by atoms with Gasteiger partial charge in [0.2, 0.25) is 11.8 Å². The topological polar surface area (TPSA) is 51.8 Å². The summed E-state index contributed by atoms with van der Waals surface area (Å²) in [4.78, 5) is 3.90. The van der Waals surface area contributed by atoms with Crippen molar-refractivity contribution in [1.29, 1.82) is 0 Å². The van der Waals surface area contributed by atoms with E-state index in [2.05, 4.69) is 15.2 Å². The Morgan fingerprint density at radius 1 is 1.29 bits per heavy atom. The highest BCUT2D eigenvalue weighted by atomic mass is 35.5. The van der Waals surface area contributed by atoms with Gasteiger partial charge in [0.25, 0.3) is 0 Å². The summed E-state index contributed by atoms with van der Waals surface area (Å²) in [6.45, 7) is 1.78. The first-order valence-corrected chi connectivity index (χ1v) is 4.59. The molecule has 72 valence electrons. The molecule has 0 aromatic carbocycles. The quantitative estimate of drug-likeness (QED) is 0.713. The minimum atomic E-state index is -0.266. The number of rotatable bonds is 2.